The van der Waals surface area contributed by atoms with Crippen LogP contribution in [-0.4, -0.2) is 24.6 Å². The van der Waals surface area contributed by atoms with Crippen LogP contribution in [0.2, 0.25) is 0 Å². The molecule has 22 heavy (non-hydrogen) atoms. The van der Waals surface area contributed by atoms with Crippen LogP contribution in [0.1, 0.15) is 15.6 Å². The molecule has 0 aliphatic rings. The summed E-state index contributed by atoms with van der Waals surface area (Å²) in [7, 11) is -3.58. The number of nitro groups is 1. The zero-order valence-corrected chi connectivity index (χ0v) is 13.9. The Kier molecular flexibility index (Phi) is 4.47. The first-order valence-corrected chi connectivity index (χ1v) is 9.04. The molecule has 1 aromatic carbocycles. The highest BCUT2D eigenvalue weighted by atomic mass is 32.2. The Balaban J connectivity index is 2.34. The fourth-order valence-electron chi connectivity index (χ4n) is 1.99. The molecule has 0 spiro atoms. The van der Waals surface area contributed by atoms with E-state index in [0.717, 1.165) is 27.9 Å². The predicted octanol–water partition coefficient (Wildman–Crippen LogP) is 2.68. The van der Waals surface area contributed by atoms with E-state index in [1.165, 1.54) is 12.1 Å². The van der Waals surface area contributed by atoms with Gasteiger partial charge in [-0.1, -0.05) is 0 Å². The molecule has 0 atom stereocenters. The van der Waals surface area contributed by atoms with Crippen molar-refractivity contribution in [2.75, 3.05) is 11.6 Å². The van der Waals surface area contributed by atoms with Gasteiger partial charge in [0.15, 0.2) is 9.84 Å². The minimum Gasteiger partial charge on any atom is -0.378 e. The molecule has 1 heterocycles. The Morgan fingerprint density at radius 1 is 1.36 bits per heavy atom. The molecule has 0 radical (unpaired) electrons. The quantitative estimate of drug-likeness (QED) is 0.662. The van der Waals surface area contributed by atoms with Crippen LogP contribution >= 0.6 is 11.3 Å². The van der Waals surface area contributed by atoms with Crippen molar-refractivity contribution in [2.24, 2.45) is 0 Å². The number of aryl methyl sites for hydroxylation is 2. The molecule has 0 bridgehead atoms. The van der Waals surface area contributed by atoms with Crippen LogP contribution in [-0.2, 0) is 16.4 Å². The van der Waals surface area contributed by atoms with Gasteiger partial charge in [-0.15, -0.1) is 11.3 Å². The van der Waals surface area contributed by atoms with Gasteiger partial charge < -0.3 is 5.32 Å². The number of non-ortho nitro benzene ring substituents is 1. The Bertz CT molecular complexity index is 828. The monoisotopic (exact) mass is 341 g/mol. The largest absolute Gasteiger partial charge is 0.378 e. The summed E-state index contributed by atoms with van der Waals surface area (Å²) >= 11 is 1.56. The maximum atomic E-state index is 11.8. The van der Waals surface area contributed by atoms with E-state index >= 15 is 0 Å². The van der Waals surface area contributed by atoms with Crippen molar-refractivity contribution in [1.82, 2.24) is 4.98 Å². The number of benzene rings is 1. The zero-order valence-electron chi connectivity index (χ0n) is 12.3. The van der Waals surface area contributed by atoms with Crippen LogP contribution in [0.5, 0.6) is 0 Å². The van der Waals surface area contributed by atoms with Gasteiger partial charge in [-0.3, -0.25) is 10.1 Å². The van der Waals surface area contributed by atoms with Gasteiger partial charge in [0.2, 0.25) is 0 Å². The minimum absolute atomic E-state index is 0.0914. The minimum atomic E-state index is -3.58. The number of nitrogens with zero attached hydrogens (tertiary/aromatic N) is 2. The van der Waals surface area contributed by atoms with E-state index in [-0.39, 0.29) is 10.6 Å². The number of aromatic nitrogens is 1. The van der Waals surface area contributed by atoms with Crippen LogP contribution in [0.25, 0.3) is 0 Å². The average Bonchev–Trinajstić information content (AvgIpc) is 2.73. The van der Waals surface area contributed by atoms with Gasteiger partial charge in [0.1, 0.15) is 0 Å². The van der Waals surface area contributed by atoms with Gasteiger partial charge in [0.05, 0.1) is 32.8 Å². The summed E-state index contributed by atoms with van der Waals surface area (Å²) in [5.74, 6) is 0. The molecule has 2 aromatic rings. The molecule has 0 aliphatic carbocycles. The molecule has 0 saturated carbocycles. The summed E-state index contributed by atoms with van der Waals surface area (Å²) in [5.41, 5.74) is 0.908. The second kappa shape index (κ2) is 6.01. The maximum Gasteiger partial charge on any atom is 0.270 e. The first kappa shape index (κ1) is 16.4. The molecule has 9 heteroatoms. The van der Waals surface area contributed by atoms with Crippen molar-refractivity contribution in [3.8, 4) is 0 Å². The van der Waals surface area contributed by atoms with E-state index in [9.17, 15) is 18.5 Å². The first-order chi connectivity index (χ1) is 10.2. The van der Waals surface area contributed by atoms with Crippen molar-refractivity contribution in [2.45, 2.75) is 25.3 Å². The molecule has 7 nitrogen and oxygen atoms in total. The van der Waals surface area contributed by atoms with Crippen molar-refractivity contribution in [3.63, 3.8) is 0 Å². The molecule has 0 fully saturated rings. The molecule has 2 rings (SSSR count). The number of thiazole rings is 1. The predicted molar refractivity (Wildman–Crippen MR) is 85.1 cm³/mol. The zero-order chi connectivity index (χ0) is 16.5. The van der Waals surface area contributed by atoms with Crippen molar-refractivity contribution >= 4 is 32.5 Å². The fourth-order valence-corrected chi connectivity index (χ4v) is 3.70. The average molecular weight is 341 g/mol. The number of anilines is 1. The maximum absolute atomic E-state index is 11.8. The van der Waals surface area contributed by atoms with Crippen LogP contribution in [0.15, 0.2) is 23.1 Å². The standard InChI is InChI=1S/C13H15N3O4S2/c1-8-12(15-9(2)21-8)7-14-11-5-4-10(16(17)18)6-13(11)22(3,19)20/h4-6,14H,7H2,1-3H3. The van der Waals surface area contributed by atoms with Crippen LogP contribution < -0.4 is 5.32 Å². The third-order valence-electron chi connectivity index (χ3n) is 3.02. The summed E-state index contributed by atoms with van der Waals surface area (Å²) in [4.78, 5) is 15.5. The van der Waals surface area contributed by atoms with E-state index in [1.807, 2.05) is 13.8 Å². The van der Waals surface area contributed by atoms with E-state index in [4.69, 9.17) is 0 Å². The number of hydrogen-bond acceptors (Lipinski definition) is 7. The molecule has 1 aromatic heterocycles. The molecule has 0 aliphatic heterocycles. The van der Waals surface area contributed by atoms with Gasteiger partial charge in [0, 0.05) is 23.3 Å². The second-order valence-corrected chi connectivity index (χ2v) is 8.19. The summed E-state index contributed by atoms with van der Waals surface area (Å²) in [6, 6.07) is 3.75. The lowest BCUT2D eigenvalue weighted by Crippen LogP contribution is -2.07. The fraction of sp³-hybridized carbons (Fsp3) is 0.308. The third kappa shape index (κ3) is 3.60. The number of nitrogens with one attached hydrogen (secondary N) is 1. The van der Waals surface area contributed by atoms with Crippen LogP contribution in [0, 0.1) is 24.0 Å². The SMILES string of the molecule is Cc1nc(CNc2ccc([N+](=O)[O-])cc2S(C)(=O)=O)c(C)s1. The Morgan fingerprint density at radius 2 is 2.05 bits per heavy atom. The number of hydrogen-bond donors (Lipinski definition) is 1. The molecular formula is C13H15N3O4S2. The van der Waals surface area contributed by atoms with Gasteiger partial charge >= 0.3 is 0 Å². The second-order valence-electron chi connectivity index (χ2n) is 4.80. The normalized spacial score (nSPS) is 11.4. The van der Waals surface area contributed by atoms with Crippen LogP contribution in [0.4, 0.5) is 11.4 Å². The smallest absolute Gasteiger partial charge is 0.270 e. The first-order valence-electron chi connectivity index (χ1n) is 6.34. The van der Waals surface area contributed by atoms with E-state index in [0.29, 0.717) is 12.2 Å². The molecule has 1 N–H and O–H groups in total. The summed E-state index contributed by atoms with van der Waals surface area (Å²) < 4.78 is 23.7. The van der Waals surface area contributed by atoms with E-state index < -0.39 is 14.8 Å². The Hall–Kier alpha value is -2.00. The summed E-state index contributed by atoms with van der Waals surface area (Å²) in [6.07, 6.45) is 1.02. The number of nitro benzene ring substituents is 1. The van der Waals surface area contributed by atoms with Gasteiger partial charge in [-0.05, 0) is 19.9 Å². The number of rotatable bonds is 5. The van der Waals surface area contributed by atoms with Gasteiger partial charge in [-0.2, -0.15) is 0 Å². The topological polar surface area (TPSA) is 102 Å². The van der Waals surface area contributed by atoms with Crippen molar-refractivity contribution < 1.29 is 13.3 Å². The van der Waals surface area contributed by atoms with E-state index in [1.54, 1.807) is 11.3 Å². The van der Waals surface area contributed by atoms with Gasteiger partial charge in [0.25, 0.3) is 5.69 Å². The molecular weight excluding hydrogens is 326 g/mol. The number of sulfone groups is 1. The van der Waals surface area contributed by atoms with Crippen LogP contribution in [0.3, 0.4) is 0 Å². The van der Waals surface area contributed by atoms with Crippen molar-refractivity contribution in [3.05, 3.63) is 43.9 Å². The molecule has 118 valence electrons. The van der Waals surface area contributed by atoms with E-state index in [2.05, 4.69) is 10.3 Å². The molecule has 0 amide bonds. The third-order valence-corrected chi connectivity index (χ3v) is 5.09. The molecule has 0 saturated heterocycles. The Morgan fingerprint density at radius 3 is 2.55 bits per heavy atom. The van der Waals surface area contributed by atoms with Crippen molar-refractivity contribution in [1.29, 1.82) is 0 Å². The lowest BCUT2D eigenvalue weighted by Gasteiger charge is -2.10. The summed E-state index contributed by atoms with van der Waals surface area (Å²) in [6.45, 7) is 4.19. The molecule has 0 unspecified atom stereocenters. The highest BCUT2D eigenvalue weighted by Crippen LogP contribution is 2.27. The lowest BCUT2D eigenvalue weighted by atomic mass is 10.2. The Labute approximate surface area is 132 Å². The highest BCUT2D eigenvalue weighted by Gasteiger charge is 2.18. The van der Waals surface area contributed by atoms with Gasteiger partial charge in [-0.25, -0.2) is 13.4 Å². The lowest BCUT2D eigenvalue weighted by molar-refractivity contribution is -0.385. The highest BCUT2D eigenvalue weighted by molar-refractivity contribution is 7.90. The summed E-state index contributed by atoms with van der Waals surface area (Å²) in [5, 5.41) is 14.7.